The minimum atomic E-state index is -4.97. The highest BCUT2D eigenvalue weighted by atomic mass is 19.4. The standard InChI is InChI=1S/C31H36F6N10O/c1-18-11-19(2)27-25(12-18)26(5-4-10-45(27)16-20-6-8-24(9-7-20)47-29(48)39-41-43-47)46(28-38-42-44(3)40-28)17-21-13-22(30(32,33)34)15-23(14-21)31(35,36)37/h11-15,20,24,26H,4-10,16-17H2,1-3H3,(H,39,43,48)/t20-,24-,26-/m0/s1. The van der Waals surface area contributed by atoms with Crippen molar-refractivity contribution in [1.82, 2.24) is 40.4 Å². The molecule has 0 bridgehead atoms. The van der Waals surface area contributed by atoms with Gasteiger partial charge in [-0.05, 0) is 109 Å². The van der Waals surface area contributed by atoms with Crippen LogP contribution in [0.3, 0.4) is 0 Å². The number of hydrogen-bond acceptors (Lipinski definition) is 8. The molecule has 0 spiro atoms. The molecule has 1 fully saturated rings. The summed E-state index contributed by atoms with van der Waals surface area (Å²) in [5.41, 5.74) is 0.657. The Kier molecular flexibility index (Phi) is 8.98. The minimum absolute atomic E-state index is 0.0144. The van der Waals surface area contributed by atoms with E-state index in [0.717, 1.165) is 66.7 Å². The highest BCUT2D eigenvalue weighted by molar-refractivity contribution is 5.64. The highest BCUT2D eigenvalue weighted by Gasteiger charge is 2.38. The van der Waals surface area contributed by atoms with E-state index in [4.69, 9.17) is 0 Å². The van der Waals surface area contributed by atoms with Crippen LogP contribution < -0.4 is 15.5 Å². The first-order valence-electron chi connectivity index (χ1n) is 15.8. The number of aryl methyl sites for hydroxylation is 3. The topological polar surface area (TPSA) is 114 Å². The molecule has 3 heterocycles. The smallest absolute Gasteiger partial charge is 0.371 e. The average molecular weight is 679 g/mol. The van der Waals surface area contributed by atoms with Crippen LogP contribution in [0.4, 0.5) is 38.0 Å². The molecule has 1 saturated carbocycles. The molecule has 0 saturated heterocycles. The van der Waals surface area contributed by atoms with Crippen molar-refractivity contribution in [3.8, 4) is 0 Å². The van der Waals surface area contributed by atoms with Gasteiger partial charge in [0.2, 0.25) is 0 Å². The predicted molar refractivity (Wildman–Crippen MR) is 163 cm³/mol. The first kappa shape index (κ1) is 33.5. The Hall–Kier alpha value is -4.44. The largest absolute Gasteiger partial charge is 0.416 e. The molecule has 48 heavy (non-hydrogen) atoms. The second-order valence-corrected chi connectivity index (χ2v) is 12.9. The zero-order valence-electron chi connectivity index (χ0n) is 26.7. The fourth-order valence-corrected chi connectivity index (χ4v) is 7.27. The number of nitrogens with one attached hydrogen (secondary N) is 1. The van der Waals surface area contributed by atoms with Gasteiger partial charge in [-0.3, -0.25) is 0 Å². The van der Waals surface area contributed by atoms with Gasteiger partial charge in [-0.25, -0.2) is 9.89 Å². The maximum atomic E-state index is 13.8. The molecule has 1 N–H and O–H groups in total. The number of benzene rings is 2. The summed E-state index contributed by atoms with van der Waals surface area (Å²) in [5, 5.41) is 22.3. The summed E-state index contributed by atoms with van der Waals surface area (Å²) >= 11 is 0. The van der Waals surface area contributed by atoms with Crippen molar-refractivity contribution in [3.63, 3.8) is 0 Å². The van der Waals surface area contributed by atoms with Crippen molar-refractivity contribution >= 4 is 11.6 Å². The van der Waals surface area contributed by atoms with E-state index in [1.165, 1.54) is 9.48 Å². The molecule has 1 atom stereocenters. The maximum Gasteiger partial charge on any atom is 0.416 e. The van der Waals surface area contributed by atoms with E-state index in [2.05, 4.69) is 41.9 Å². The summed E-state index contributed by atoms with van der Waals surface area (Å²) in [6, 6.07) is 5.29. The number of nitrogens with zero attached hydrogens (tertiary/aromatic N) is 9. The fraction of sp³-hybridized carbons (Fsp3) is 0.548. The molecular formula is C31H36F6N10O. The Balaban J connectivity index is 1.34. The van der Waals surface area contributed by atoms with Gasteiger partial charge in [-0.2, -0.15) is 35.8 Å². The number of H-pyrrole nitrogens is 1. The van der Waals surface area contributed by atoms with E-state index in [9.17, 15) is 31.1 Å². The molecule has 2 aliphatic rings. The Bertz CT molecular complexity index is 1770. The molecule has 2 aromatic carbocycles. The fourth-order valence-electron chi connectivity index (χ4n) is 7.27. The second-order valence-electron chi connectivity index (χ2n) is 12.9. The number of hydrogen-bond donors (Lipinski definition) is 1. The zero-order chi connectivity index (χ0) is 34.4. The molecule has 1 aliphatic heterocycles. The zero-order valence-corrected chi connectivity index (χ0v) is 26.7. The van der Waals surface area contributed by atoms with Crippen LogP contribution in [0.15, 0.2) is 35.1 Å². The first-order valence-corrected chi connectivity index (χ1v) is 15.8. The van der Waals surface area contributed by atoms with Gasteiger partial charge in [0.1, 0.15) is 0 Å². The Morgan fingerprint density at radius 2 is 1.60 bits per heavy atom. The van der Waals surface area contributed by atoms with E-state index < -0.39 is 29.5 Å². The van der Waals surface area contributed by atoms with Gasteiger partial charge in [0.25, 0.3) is 5.95 Å². The molecule has 11 nitrogen and oxygen atoms in total. The van der Waals surface area contributed by atoms with Crippen LogP contribution in [-0.4, -0.2) is 53.5 Å². The molecule has 6 rings (SSSR count). The summed E-state index contributed by atoms with van der Waals surface area (Å²) in [5.74, 6) is 0.450. The van der Waals surface area contributed by atoms with Crippen molar-refractivity contribution < 1.29 is 26.3 Å². The Labute approximate surface area is 271 Å². The summed E-state index contributed by atoms with van der Waals surface area (Å²) in [7, 11) is 1.55. The predicted octanol–water partition coefficient (Wildman–Crippen LogP) is 5.92. The number of rotatable bonds is 7. The third kappa shape index (κ3) is 7.04. The van der Waals surface area contributed by atoms with Crippen LogP contribution in [0, 0.1) is 19.8 Å². The van der Waals surface area contributed by atoms with Gasteiger partial charge < -0.3 is 9.80 Å². The van der Waals surface area contributed by atoms with Crippen LogP contribution >= 0.6 is 0 Å². The Morgan fingerprint density at radius 1 is 0.917 bits per heavy atom. The summed E-state index contributed by atoms with van der Waals surface area (Å²) in [6.07, 6.45) is -5.34. The van der Waals surface area contributed by atoms with Gasteiger partial charge in [0.05, 0.1) is 30.3 Å². The van der Waals surface area contributed by atoms with Crippen LogP contribution in [0.25, 0.3) is 0 Å². The molecular weight excluding hydrogens is 642 g/mol. The summed E-state index contributed by atoms with van der Waals surface area (Å²) in [6.45, 7) is 5.14. The van der Waals surface area contributed by atoms with E-state index in [0.29, 0.717) is 25.3 Å². The summed E-state index contributed by atoms with van der Waals surface area (Å²) < 4.78 is 84.2. The number of fused-ring (bicyclic) bond motifs is 1. The lowest BCUT2D eigenvalue weighted by Crippen LogP contribution is -2.35. The van der Waals surface area contributed by atoms with Crippen molar-refractivity contribution in [3.05, 3.63) is 74.2 Å². The number of alkyl halides is 6. The molecule has 258 valence electrons. The number of anilines is 2. The molecule has 4 aromatic rings. The maximum absolute atomic E-state index is 13.8. The molecule has 1 aliphatic carbocycles. The van der Waals surface area contributed by atoms with Gasteiger partial charge in [0.15, 0.2) is 0 Å². The number of tetrazole rings is 2. The van der Waals surface area contributed by atoms with Crippen LogP contribution in [0.5, 0.6) is 0 Å². The number of aromatic nitrogens is 8. The van der Waals surface area contributed by atoms with Gasteiger partial charge in [-0.1, -0.05) is 22.8 Å². The van der Waals surface area contributed by atoms with Gasteiger partial charge >= 0.3 is 18.0 Å². The van der Waals surface area contributed by atoms with E-state index >= 15 is 0 Å². The van der Waals surface area contributed by atoms with Crippen LogP contribution in [-0.2, 0) is 25.9 Å². The highest BCUT2D eigenvalue weighted by Crippen LogP contribution is 2.43. The lowest BCUT2D eigenvalue weighted by Gasteiger charge is -2.36. The monoisotopic (exact) mass is 678 g/mol. The first-order chi connectivity index (χ1) is 22.7. The van der Waals surface area contributed by atoms with Gasteiger partial charge in [-0.15, -0.1) is 5.10 Å². The third-order valence-electron chi connectivity index (χ3n) is 9.32. The van der Waals surface area contributed by atoms with E-state index in [1.54, 1.807) is 11.9 Å². The number of aromatic amines is 1. The quantitative estimate of drug-likeness (QED) is 0.240. The van der Waals surface area contributed by atoms with Crippen molar-refractivity contribution in [1.29, 1.82) is 0 Å². The lowest BCUT2D eigenvalue weighted by molar-refractivity contribution is -0.143. The van der Waals surface area contributed by atoms with Crippen molar-refractivity contribution in [2.24, 2.45) is 13.0 Å². The molecule has 0 unspecified atom stereocenters. The van der Waals surface area contributed by atoms with Crippen molar-refractivity contribution in [2.75, 3.05) is 22.9 Å². The molecule has 17 heteroatoms. The second kappa shape index (κ2) is 12.9. The van der Waals surface area contributed by atoms with E-state index in [1.807, 2.05) is 19.9 Å². The SMILES string of the molecule is Cc1cc(C)c2c(c1)[C@@H](N(Cc1cc(C(F)(F)F)cc(C(F)(F)F)c1)c1nnn(C)n1)CCCN2C[C@H]1CC[C@H](n2nn[nH]c2=O)CC1. The van der Waals surface area contributed by atoms with E-state index in [-0.39, 0.29) is 35.9 Å². The van der Waals surface area contributed by atoms with Crippen molar-refractivity contribution in [2.45, 2.75) is 83.4 Å². The average Bonchev–Trinajstić information content (AvgIpc) is 3.60. The number of halogens is 6. The normalized spacial score (nSPS) is 20.4. The molecule has 0 amide bonds. The molecule has 2 aromatic heterocycles. The van der Waals surface area contributed by atoms with Crippen LogP contribution in [0.1, 0.15) is 84.0 Å². The minimum Gasteiger partial charge on any atom is -0.371 e. The lowest BCUT2D eigenvalue weighted by atomic mass is 9.85. The van der Waals surface area contributed by atoms with Crippen LogP contribution in [0.2, 0.25) is 0 Å². The molecule has 0 radical (unpaired) electrons. The summed E-state index contributed by atoms with van der Waals surface area (Å²) in [4.78, 5) is 17.3. The van der Waals surface area contributed by atoms with Gasteiger partial charge in [0, 0.05) is 25.3 Å². The Morgan fingerprint density at radius 3 is 2.19 bits per heavy atom. The third-order valence-corrected chi connectivity index (χ3v) is 9.32.